The molecular weight excluding hydrogens is 356 g/mol. The molecule has 0 aromatic heterocycles. The van der Waals surface area contributed by atoms with Crippen molar-refractivity contribution in [3.05, 3.63) is 23.8 Å². The summed E-state index contributed by atoms with van der Waals surface area (Å²) in [6.07, 6.45) is 3.24. The van der Waals surface area contributed by atoms with Crippen LogP contribution in [0.1, 0.15) is 49.9 Å². The van der Waals surface area contributed by atoms with Gasteiger partial charge in [0.2, 0.25) is 5.91 Å². The maximum absolute atomic E-state index is 12.1. The molecule has 1 atom stereocenters. The second kappa shape index (κ2) is 9.78. The fourth-order valence-corrected chi connectivity index (χ4v) is 2.84. The molecule has 1 saturated carbocycles. The SMILES string of the molecule is COc1cc(C(C)=O)ccc1OCCCC(=O)NC(C)(CN)C1CC1.Cl. The average molecular weight is 385 g/mol. The van der Waals surface area contributed by atoms with Crippen LogP contribution in [0.5, 0.6) is 11.5 Å². The zero-order valence-corrected chi connectivity index (χ0v) is 16.5. The van der Waals surface area contributed by atoms with E-state index in [-0.39, 0.29) is 29.6 Å². The third-order valence-corrected chi connectivity index (χ3v) is 4.70. The highest BCUT2D eigenvalue weighted by atomic mass is 35.5. The molecule has 1 unspecified atom stereocenters. The highest BCUT2D eigenvalue weighted by Crippen LogP contribution is 2.39. The number of hydrogen-bond donors (Lipinski definition) is 2. The molecule has 1 aromatic rings. The smallest absolute Gasteiger partial charge is 0.220 e. The van der Waals surface area contributed by atoms with Crippen LogP contribution < -0.4 is 20.5 Å². The first-order valence-electron chi connectivity index (χ1n) is 8.72. The number of methoxy groups -OCH3 is 1. The number of carbonyl (C=O) groups is 2. The Morgan fingerprint density at radius 1 is 1.31 bits per heavy atom. The second-order valence-electron chi connectivity index (χ2n) is 6.82. The standard InChI is InChI=1S/C19H28N2O4.ClH/c1-13(22)14-6-9-16(17(11-14)24-3)25-10-4-5-18(23)21-19(2,12-20)15-7-8-15;/h6,9,11,15H,4-5,7-8,10,12,20H2,1-3H3,(H,21,23);1H. The fraction of sp³-hybridized carbons (Fsp3) is 0.579. The molecule has 0 radical (unpaired) electrons. The molecule has 1 aliphatic carbocycles. The summed E-state index contributed by atoms with van der Waals surface area (Å²) in [5.74, 6) is 1.56. The third-order valence-electron chi connectivity index (χ3n) is 4.70. The fourth-order valence-electron chi connectivity index (χ4n) is 2.84. The Kier molecular flexibility index (Phi) is 8.37. The van der Waals surface area contributed by atoms with Gasteiger partial charge in [-0.05, 0) is 57.2 Å². The number of benzene rings is 1. The minimum atomic E-state index is -0.288. The Balaban J connectivity index is 0.00000338. The summed E-state index contributed by atoms with van der Waals surface area (Å²) in [7, 11) is 1.53. The number of ether oxygens (including phenoxy) is 2. The van der Waals surface area contributed by atoms with Gasteiger partial charge in [-0.3, -0.25) is 9.59 Å². The predicted octanol–water partition coefficient (Wildman–Crippen LogP) is 2.72. The van der Waals surface area contributed by atoms with E-state index in [1.165, 1.54) is 14.0 Å². The van der Waals surface area contributed by atoms with Crippen molar-refractivity contribution in [2.24, 2.45) is 11.7 Å². The van der Waals surface area contributed by atoms with Gasteiger partial charge in [-0.15, -0.1) is 12.4 Å². The maximum Gasteiger partial charge on any atom is 0.220 e. The van der Waals surface area contributed by atoms with Gasteiger partial charge in [0.15, 0.2) is 17.3 Å². The van der Waals surface area contributed by atoms with Gasteiger partial charge in [-0.2, -0.15) is 0 Å². The monoisotopic (exact) mass is 384 g/mol. The molecule has 0 saturated heterocycles. The number of nitrogens with one attached hydrogen (secondary N) is 1. The maximum atomic E-state index is 12.1. The molecule has 2 rings (SSSR count). The van der Waals surface area contributed by atoms with Crippen LogP contribution in [0, 0.1) is 5.92 Å². The van der Waals surface area contributed by atoms with E-state index in [4.69, 9.17) is 15.2 Å². The van der Waals surface area contributed by atoms with Crippen LogP contribution in [-0.2, 0) is 4.79 Å². The summed E-state index contributed by atoms with van der Waals surface area (Å²) in [6.45, 7) is 4.37. The summed E-state index contributed by atoms with van der Waals surface area (Å²) in [5, 5.41) is 3.06. The van der Waals surface area contributed by atoms with E-state index in [0.717, 1.165) is 12.8 Å². The molecule has 6 nitrogen and oxygen atoms in total. The molecule has 0 bridgehead atoms. The van der Waals surface area contributed by atoms with Gasteiger partial charge in [0, 0.05) is 18.5 Å². The molecule has 1 amide bonds. The van der Waals surface area contributed by atoms with Crippen molar-refractivity contribution in [2.45, 2.75) is 45.1 Å². The Hall–Kier alpha value is -1.79. The molecule has 26 heavy (non-hydrogen) atoms. The van der Waals surface area contributed by atoms with Crippen molar-refractivity contribution in [1.82, 2.24) is 5.32 Å². The summed E-state index contributed by atoms with van der Waals surface area (Å²) in [6, 6.07) is 5.08. The Labute approximate surface area is 161 Å². The van der Waals surface area contributed by atoms with Gasteiger partial charge in [0.1, 0.15) is 0 Å². The van der Waals surface area contributed by atoms with Crippen LogP contribution in [0.15, 0.2) is 18.2 Å². The van der Waals surface area contributed by atoms with E-state index in [9.17, 15) is 9.59 Å². The van der Waals surface area contributed by atoms with Gasteiger partial charge in [-0.1, -0.05) is 0 Å². The van der Waals surface area contributed by atoms with Gasteiger partial charge in [-0.25, -0.2) is 0 Å². The zero-order valence-electron chi connectivity index (χ0n) is 15.7. The average Bonchev–Trinajstić information content (AvgIpc) is 3.44. The molecule has 0 aliphatic heterocycles. The lowest BCUT2D eigenvalue weighted by molar-refractivity contribution is -0.123. The van der Waals surface area contributed by atoms with Gasteiger partial charge in [0.05, 0.1) is 19.3 Å². The summed E-state index contributed by atoms with van der Waals surface area (Å²) >= 11 is 0. The van der Waals surface area contributed by atoms with Crippen LogP contribution in [0.3, 0.4) is 0 Å². The molecule has 3 N–H and O–H groups in total. The van der Waals surface area contributed by atoms with Gasteiger partial charge >= 0.3 is 0 Å². The van der Waals surface area contributed by atoms with E-state index < -0.39 is 0 Å². The largest absolute Gasteiger partial charge is 0.493 e. The van der Waals surface area contributed by atoms with Crippen molar-refractivity contribution in [3.8, 4) is 11.5 Å². The summed E-state index contributed by atoms with van der Waals surface area (Å²) in [5.41, 5.74) is 6.10. The Bertz CT molecular complexity index is 634. The molecule has 0 heterocycles. The van der Waals surface area contributed by atoms with E-state index >= 15 is 0 Å². The Morgan fingerprint density at radius 3 is 2.54 bits per heavy atom. The molecule has 1 aliphatic rings. The first kappa shape index (κ1) is 22.3. The number of carbonyl (C=O) groups excluding carboxylic acids is 2. The summed E-state index contributed by atoms with van der Waals surface area (Å²) < 4.78 is 10.9. The van der Waals surface area contributed by atoms with E-state index in [1.807, 2.05) is 6.92 Å². The topological polar surface area (TPSA) is 90.6 Å². The highest BCUT2D eigenvalue weighted by molar-refractivity contribution is 5.94. The number of Topliss-reactive ketones (excluding diaryl/α,β-unsaturated/α-hetero) is 1. The van der Waals surface area contributed by atoms with Crippen molar-refractivity contribution < 1.29 is 19.1 Å². The van der Waals surface area contributed by atoms with Crippen molar-refractivity contribution in [3.63, 3.8) is 0 Å². The number of nitrogens with two attached hydrogens (primary N) is 1. The number of amides is 1. The van der Waals surface area contributed by atoms with Gasteiger partial charge < -0.3 is 20.5 Å². The minimum Gasteiger partial charge on any atom is -0.493 e. The first-order chi connectivity index (χ1) is 11.9. The lowest BCUT2D eigenvalue weighted by atomic mass is 9.95. The number of rotatable bonds is 10. The van der Waals surface area contributed by atoms with Crippen LogP contribution in [0.25, 0.3) is 0 Å². The van der Waals surface area contributed by atoms with E-state index in [2.05, 4.69) is 5.32 Å². The molecule has 1 aromatic carbocycles. The van der Waals surface area contributed by atoms with Crippen molar-refractivity contribution in [1.29, 1.82) is 0 Å². The lowest BCUT2D eigenvalue weighted by Crippen LogP contribution is -2.53. The predicted molar refractivity (Wildman–Crippen MR) is 103 cm³/mol. The molecule has 0 spiro atoms. The minimum absolute atomic E-state index is 0. The molecule has 7 heteroatoms. The number of ketones is 1. The normalized spacial score (nSPS) is 15.4. The van der Waals surface area contributed by atoms with E-state index in [0.29, 0.717) is 49.0 Å². The first-order valence-corrected chi connectivity index (χ1v) is 8.72. The molecule has 146 valence electrons. The highest BCUT2D eigenvalue weighted by Gasteiger charge is 2.41. The second-order valence-corrected chi connectivity index (χ2v) is 6.82. The molecule has 1 fully saturated rings. The zero-order chi connectivity index (χ0) is 18.4. The summed E-state index contributed by atoms with van der Waals surface area (Å²) in [4.78, 5) is 23.5. The van der Waals surface area contributed by atoms with Gasteiger partial charge in [0.25, 0.3) is 0 Å². The number of hydrogen-bond acceptors (Lipinski definition) is 5. The van der Waals surface area contributed by atoms with Crippen molar-refractivity contribution in [2.75, 3.05) is 20.3 Å². The van der Waals surface area contributed by atoms with Crippen LogP contribution >= 0.6 is 12.4 Å². The van der Waals surface area contributed by atoms with E-state index in [1.54, 1.807) is 18.2 Å². The quantitative estimate of drug-likeness (QED) is 0.478. The third kappa shape index (κ3) is 5.88. The van der Waals surface area contributed by atoms with Crippen molar-refractivity contribution >= 4 is 24.1 Å². The molecular formula is C19H29ClN2O4. The van der Waals surface area contributed by atoms with Crippen LogP contribution in [0.4, 0.5) is 0 Å². The van der Waals surface area contributed by atoms with Crippen LogP contribution in [-0.4, -0.2) is 37.5 Å². The number of halogens is 1. The Morgan fingerprint density at radius 2 is 2.00 bits per heavy atom. The van der Waals surface area contributed by atoms with Crippen LogP contribution in [0.2, 0.25) is 0 Å². The lowest BCUT2D eigenvalue weighted by Gasteiger charge is -2.29.